The molecule has 1 aliphatic heterocycles. The normalized spacial score (nSPS) is 21.8. The number of primary amides is 1. The molecular weight excluding hydrogens is 370 g/mol. The number of hydrogen-bond acceptors (Lipinski definition) is 6. The fourth-order valence-electron chi connectivity index (χ4n) is 4.47. The van der Waals surface area contributed by atoms with Crippen LogP contribution in [0.15, 0.2) is 24.5 Å². The summed E-state index contributed by atoms with van der Waals surface area (Å²) < 4.78 is 0. The number of pyridine rings is 1. The maximum absolute atomic E-state index is 12.1. The summed E-state index contributed by atoms with van der Waals surface area (Å²) in [6.07, 6.45) is 8.60. The van der Waals surface area contributed by atoms with Crippen molar-refractivity contribution in [2.24, 2.45) is 11.7 Å². The van der Waals surface area contributed by atoms with Crippen molar-refractivity contribution in [2.45, 2.75) is 45.1 Å². The van der Waals surface area contributed by atoms with E-state index in [0.29, 0.717) is 11.7 Å². The Kier molecular flexibility index (Phi) is 4.27. The molecule has 2 aliphatic rings. The van der Waals surface area contributed by atoms with E-state index in [-0.39, 0.29) is 11.9 Å². The number of hydrogen-bond donors (Lipinski definition) is 1. The third kappa shape index (κ3) is 2.85. The summed E-state index contributed by atoms with van der Waals surface area (Å²) in [7, 11) is 0. The molecule has 4 heterocycles. The van der Waals surface area contributed by atoms with Gasteiger partial charge in [-0.1, -0.05) is 6.92 Å². The molecule has 144 valence electrons. The smallest absolute Gasteiger partial charge is 0.240 e. The average Bonchev–Trinajstić information content (AvgIpc) is 3.32. The minimum absolute atomic E-state index is 0.273. The lowest BCUT2D eigenvalue weighted by Gasteiger charge is -2.25. The Bertz CT molecular complexity index is 1050. The number of aryl methyl sites for hydroxylation is 1. The number of anilines is 1. The van der Waals surface area contributed by atoms with E-state index < -0.39 is 0 Å². The maximum atomic E-state index is 12.1. The van der Waals surface area contributed by atoms with E-state index >= 15 is 0 Å². The van der Waals surface area contributed by atoms with Crippen molar-refractivity contribution in [2.75, 3.05) is 11.4 Å². The van der Waals surface area contributed by atoms with Crippen molar-refractivity contribution >= 4 is 33.3 Å². The Hall–Kier alpha value is -2.54. The van der Waals surface area contributed by atoms with Gasteiger partial charge in [-0.2, -0.15) is 0 Å². The fraction of sp³-hybridized carbons (Fsp3) is 0.429. The van der Waals surface area contributed by atoms with Gasteiger partial charge in [0.1, 0.15) is 16.7 Å². The van der Waals surface area contributed by atoms with Gasteiger partial charge >= 0.3 is 0 Å². The summed E-state index contributed by atoms with van der Waals surface area (Å²) in [5.41, 5.74) is 7.98. The van der Waals surface area contributed by atoms with Crippen LogP contribution in [0, 0.1) is 5.92 Å². The summed E-state index contributed by atoms with van der Waals surface area (Å²) in [5, 5.41) is 1.13. The Balaban J connectivity index is 1.74. The van der Waals surface area contributed by atoms with Crippen LogP contribution in [-0.2, 0) is 17.6 Å². The number of aromatic nitrogens is 3. The predicted octanol–water partition coefficient (Wildman–Crippen LogP) is 3.33. The summed E-state index contributed by atoms with van der Waals surface area (Å²) in [4.78, 5) is 30.7. The Morgan fingerprint density at radius 2 is 2.21 bits per heavy atom. The van der Waals surface area contributed by atoms with Crippen molar-refractivity contribution in [3.05, 3.63) is 35.0 Å². The zero-order valence-electron chi connectivity index (χ0n) is 15.9. The Labute approximate surface area is 167 Å². The van der Waals surface area contributed by atoms with E-state index in [4.69, 9.17) is 15.7 Å². The Morgan fingerprint density at radius 1 is 1.32 bits per heavy atom. The van der Waals surface area contributed by atoms with E-state index in [9.17, 15) is 4.79 Å². The second kappa shape index (κ2) is 6.81. The molecule has 0 radical (unpaired) electrons. The number of nitrogens with zero attached hydrogens (tertiary/aromatic N) is 4. The van der Waals surface area contributed by atoms with Gasteiger partial charge in [0.2, 0.25) is 5.91 Å². The van der Waals surface area contributed by atoms with E-state index in [0.717, 1.165) is 53.8 Å². The topological polar surface area (TPSA) is 85.0 Å². The van der Waals surface area contributed by atoms with Crippen LogP contribution in [-0.4, -0.2) is 33.4 Å². The number of rotatable bonds is 3. The fourth-order valence-corrected chi connectivity index (χ4v) is 5.85. The van der Waals surface area contributed by atoms with Gasteiger partial charge in [0.15, 0.2) is 5.82 Å². The molecule has 1 aliphatic carbocycles. The van der Waals surface area contributed by atoms with Crippen LogP contribution < -0.4 is 10.6 Å². The van der Waals surface area contributed by atoms with Gasteiger partial charge in [0, 0.05) is 29.4 Å². The van der Waals surface area contributed by atoms with E-state index in [2.05, 4.69) is 16.8 Å². The summed E-state index contributed by atoms with van der Waals surface area (Å²) in [6, 6.07) is 3.58. The van der Waals surface area contributed by atoms with Crippen molar-refractivity contribution < 1.29 is 4.79 Å². The lowest BCUT2D eigenvalue weighted by Crippen LogP contribution is -2.41. The predicted molar refractivity (Wildman–Crippen MR) is 111 cm³/mol. The molecule has 0 bridgehead atoms. The van der Waals surface area contributed by atoms with E-state index in [1.165, 1.54) is 16.9 Å². The van der Waals surface area contributed by atoms with Crippen LogP contribution >= 0.6 is 11.3 Å². The zero-order valence-corrected chi connectivity index (χ0v) is 16.7. The maximum Gasteiger partial charge on any atom is 0.240 e. The first kappa shape index (κ1) is 17.6. The highest BCUT2D eigenvalue weighted by atomic mass is 32.1. The van der Waals surface area contributed by atoms with Gasteiger partial charge in [-0.15, -0.1) is 11.3 Å². The number of thiophene rings is 1. The standard InChI is InChI=1S/C21H23N5OS/c1-12-6-7-14-16(10-12)28-21-17(14)20(26-9-3-5-15(26)18(22)27)24-19(25-21)13-4-2-8-23-11-13/h2,4,8,11-12,15H,3,5-7,9-10H2,1H3,(H2,22,27)/t12-,15-/m1/s1. The van der Waals surface area contributed by atoms with E-state index in [1.807, 2.05) is 12.1 Å². The second-order valence-corrected chi connectivity index (χ2v) is 8.98. The lowest BCUT2D eigenvalue weighted by molar-refractivity contribution is -0.119. The lowest BCUT2D eigenvalue weighted by atomic mass is 9.89. The number of carbonyl (C=O) groups excluding carboxylic acids is 1. The minimum Gasteiger partial charge on any atom is -0.368 e. The van der Waals surface area contributed by atoms with E-state index in [1.54, 1.807) is 23.7 Å². The molecule has 3 aromatic heterocycles. The molecule has 7 heteroatoms. The van der Waals surface area contributed by atoms with Crippen molar-refractivity contribution in [3.8, 4) is 11.4 Å². The van der Waals surface area contributed by atoms with Crippen LogP contribution in [0.5, 0.6) is 0 Å². The van der Waals surface area contributed by atoms with Gasteiger partial charge in [-0.3, -0.25) is 9.78 Å². The van der Waals surface area contributed by atoms with Gasteiger partial charge in [-0.25, -0.2) is 9.97 Å². The molecule has 28 heavy (non-hydrogen) atoms. The molecule has 3 aromatic rings. The highest BCUT2D eigenvalue weighted by molar-refractivity contribution is 7.19. The quantitative estimate of drug-likeness (QED) is 0.738. The minimum atomic E-state index is -0.294. The molecule has 5 rings (SSSR count). The molecule has 2 N–H and O–H groups in total. The third-order valence-electron chi connectivity index (χ3n) is 5.91. The molecule has 0 unspecified atom stereocenters. The Morgan fingerprint density at radius 3 is 3.00 bits per heavy atom. The van der Waals surface area contributed by atoms with Gasteiger partial charge < -0.3 is 10.6 Å². The number of carbonyl (C=O) groups is 1. The number of fused-ring (bicyclic) bond motifs is 3. The average molecular weight is 394 g/mol. The number of nitrogens with two attached hydrogens (primary N) is 1. The van der Waals surface area contributed by atoms with Crippen LogP contribution in [0.1, 0.15) is 36.6 Å². The zero-order chi connectivity index (χ0) is 19.3. The first-order valence-electron chi connectivity index (χ1n) is 9.90. The summed E-state index contributed by atoms with van der Waals surface area (Å²) in [6.45, 7) is 3.11. The molecule has 1 amide bonds. The molecule has 6 nitrogen and oxygen atoms in total. The van der Waals surface area contributed by atoms with Crippen molar-refractivity contribution in [1.82, 2.24) is 15.0 Å². The molecule has 0 saturated carbocycles. The number of amides is 1. The third-order valence-corrected chi connectivity index (χ3v) is 7.06. The first-order chi connectivity index (χ1) is 13.6. The molecule has 1 saturated heterocycles. The monoisotopic (exact) mass is 393 g/mol. The van der Waals surface area contributed by atoms with Crippen LogP contribution in [0.4, 0.5) is 5.82 Å². The largest absolute Gasteiger partial charge is 0.368 e. The first-order valence-corrected chi connectivity index (χ1v) is 10.7. The van der Waals surface area contributed by atoms with Crippen molar-refractivity contribution in [3.63, 3.8) is 0 Å². The molecular formula is C21H23N5OS. The van der Waals surface area contributed by atoms with Gasteiger partial charge in [-0.05, 0) is 55.7 Å². The summed E-state index contributed by atoms with van der Waals surface area (Å²) in [5.74, 6) is 1.96. The van der Waals surface area contributed by atoms with Gasteiger partial charge in [0.05, 0.1) is 5.39 Å². The highest BCUT2D eigenvalue weighted by Crippen LogP contribution is 2.43. The highest BCUT2D eigenvalue weighted by Gasteiger charge is 2.34. The molecule has 0 aromatic carbocycles. The second-order valence-electron chi connectivity index (χ2n) is 7.90. The van der Waals surface area contributed by atoms with Gasteiger partial charge in [0.25, 0.3) is 0 Å². The van der Waals surface area contributed by atoms with Crippen LogP contribution in [0.3, 0.4) is 0 Å². The SMILES string of the molecule is C[C@@H]1CCc2c(sc3nc(-c4cccnc4)nc(N4CCC[C@@H]4C(N)=O)c23)C1. The summed E-state index contributed by atoms with van der Waals surface area (Å²) >= 11 is 1.78. The van der Waals surface area contributed by atoms with Crippen molar-refractivity contribution in [1.29, 1.82) is 0 Å². The molecule has 2 atom stereocenters. The molecule has 1 fully saturated rings. The van der Waals surface area contributed by atoms with Crippen LogP contribution in [0.2, 0.25) is 0 Å². The van der Waals surface area contributed by atoms with Crippen LogP contribution in [0.25, 0.3) is 21.6 Å². The molecule has 0 spiro atoms.